The third-order valence-electron chi connectivity index (χ3n) is 2.36. The summed E-state index contributed by atoms with van der Waals surface area (Å²) in [6.45, 7) is 3.41. The third-order valence-corrected chi connectivity index (χ3v) is 2.36. The zero-order valence-electron chi connectivity index (χ0n) is 12.0. The van der Waals surface area contributed by atoms with Crippen molar-refractivity contribution in [3.8, 4) is 0 Å². The van der Waals surface area contributed by atoms with Gasteiger partial charge in [0.15, 0.2) is 0 Å². The highest BCUT2D eigenvalue weighted by molar-refractivity contribution is 6.01. The molecule has 0 unspecified atom stereocenters. The highest BCUT2D eigenvalue weighted by Crippen LogP contribution is 2.01. The summed E-state index contributed by atoms with van der Waals surface area (Å²) in [4.78, 5) is 34.8. The van der Waals surface area contributed by atoms with Gasteiger partial charge >= 0.3 is 12.1 Å². The van der Waals surface area contributed by atoms with E-state index < -0.39 is 18.0 Å². The predicted molar refractivity (Wildman–Crippen MR) is 78.7 cm³/mol. The van der Waals surface area contributed by atoms with Crippen LogP contribution < -0.4 is 10.6 Å². The van der Waals surface area contributed by atoms with Crippen molar-refractivity contribution in [2.24, 2.45) is 0 Å². The number of carbonyl (C=O) groups is 3. The topological polar surface area (TPSA) is 93.7 Å². The fraction of sp³-hybridized carbons (Fsp3) is 0.133. The van der Waals surface area contributed by atoms with Crippen LogP contribution in [0.3, 0.4) is 0 Å². The molecule has 1 aromatic rings. The fourth-order valence-electron chi connectivity index (χ4n) is 1.35. The van der Waals surface area contributed by atoms with Crippen LogP contribution in [0.15, 0.2) is 54.9 Å². The van der Waals surface area contributed by atoms with Gasteiger partial charge in [-0.1, -0.05) is 30.9 Å². The fourth-order valence-corrected chi connectivity index (χ4v) is 1.35. The Balaban J connectivity index is 2.76. The van der Waals surface area contributed by atoms with Gasteiger partial charge in [0, 0.05) is 11.8 Å². The summed E-state index contributed by atoms with van der Waals surface area (Å²) < 4.78 is 9.20. The number of amides is 2. The van der Waals surface area contributed by atoms with Crippen molar-refractivity contribution < 1.29 is 23.9 Å². The van der Waals surface area contributed by atoms with E-state index in [-0.39, 0.29) is 12.3 Å². The first-order valence-corrected chi connectivity index (χ1v) is 6.27. The number of rotatable bonds is 6. The van der Waals surface area contributed by atoms with Gasteiger partial charge in [0.05, 0.1) is 7.11 Å². The zero-order chi connectivity index (χ0) is 16.4. The molecule has 7 heteroatoms. The number of methoxy groups -OCH3 is 1. The maximum absolute atomic E-state index is 12.0. The molecule has 2 N–H and O–H groups in total. The van der Waals surface area contributed by atoms with Gasteiger partial charge in [0.1, 0.15) is 12.3 Å². The van der Waals surface area contributed by atoms with Crippen LogP contribution in [-0.2, 0) is 14.3 Å². The molecule has 0 saturated heterocycles. The maximum Gasteiger partial charge on any atom is 0.411 e. The monoisotopic (exact) mass is 304 g/mol. The van der Waals surface area contributed by atoms with Gasteiger partial charge in [0.2, 0.25) is 0 Å². The smallest absolute Gasteiger partial charge is 0.411 e. The van der Waals surface area contributed by atoms with Crippen molar-refractivity contribution in [1.82, 2.24) is 10.6 Å². The largest absolute Gasteiger partial charge is 0.464 e. The van der Waals surface area contributed by atoms with Crippen LogP contribution in [0, 0.1) is 0 Å². The second kappa shape index (κ2) is 8.96. The summed E-state index contributed by atoms with van der Waals surface area (Å²) in [6.07, 6.45) is 1.59. The Kier molecular flexibility index (Phi) is 6.91. The lowest BCUT2D eigenvalue weighted by molar-refractivity contribution is -0.136. The average molecular weight is 304 g/mol. The van der Waals surface area contributed by atoms with Gasteiger partial charge in [-0.3, -0.25) is 10.1 Å². The highest BCUT2D eigenvalue weighted by atomic mass is 16.5. The van der Waals surface area contributed by atoms with E-state index >= 15 is 0 Å². The normalized spacial score (nSPS) is 10.3. The van der Waals surface area contributed by atoms with Crippen molar-refractivity contribution >= 4 is 18.0 Å². The number of benzene rings is 1. The number of alkyl carbamates (subject to hydrolysis) is 1. The lowest BCUT2D eigenvalue weighted by atomic mass is 10.2. The Hall–Kier alpha value is -3.09. The molecular formula is C15H16N2O5. The van der Waals surface area contributed by atoms with Crippen molar-refractivity contribution in [1.29, 1.82) is 0 Å². The van der Waals surface area contributed by atoms with E-state index in [2.05, 4.69) is 26.7 Å². The molecule has 0 radical (unpaired) electrons. The van der Waals surface area contributed by atoms with Gasteiger partial charge in [-0.25, -0.2) is 9.59 Å². The van der Waals surface area contributed by atoms with E-state index in [1.807, 2.05) is 0 Å². The summed E-state index contributed by atoms with van der Waals surface area (Å²) in [5, 5.41) is 4.56. The third kappa shape index (κ3) is 5.49. The summed E-state index contributed by atoms with van der Waals surface area (Å²) >= 11 is 0. The van der Waals surface area contributed by atoms with Gasteiger partial charge in [-0.2, -0.15) is 0 Å². The second-order valence-corrected chi connectivity index (χ2v) is 3.90. The first-order chi connectivity index (χ1) is 10.6. The molecule has 1 aromatic carbocycles. The Morgan fingerprint density at radius 3 is 2.50 bits per heavy atom. The number of hydrogen-bond donors (Lipinski definition) is 2. The summed E-state index contributed by atoms with van der Waals surface area (Å²) in [5.41, 5.74) is 0.124. The molecule has 2 amide bonds. The molecule has 7 nitrogen and oxygen atoms in total. The Morgan fingerprint density at radius 2 is 1.91 bits per heavy atom. The molecule has 0 heterocycles. The molecular weight excluding hydrogens is 288 g/mol. The number of carbonyl (C=O) groups excluding carboxylic acids is 3. The molecule has 0 aliphatic rings. The number of ether oxygens (including phenoxy) is 2. The first-order valence-electron chi connectivity index (χ1n) is 6.27. The van der Waals surface area contributed by atoms with Crippen LogP contribution in [0.2, 0.25) is 0 Å². The van der Waals surface area contributed by atoms with Crippen LogP contribution in [0.4, 0.5) is 4.79 Å². The first kappa shape index (κ1) is 17.0. The van der Waals surface area contributed by atoms with Crippen LogP contribution in [0.25, 0.3) is 0 Å². The van der Waals surface area contributed by atoms with Gasteiger partial charge < -0.3 is 14.8 Å². The van der Waals surface area contributed by atoms with Crippen LogP contribution in [0.5, 0.6) is 0 Å². The van der Waals surface area contributed by atoms with Gasteiger partial charge in [0.25, 0.3) is 5.91 Å². The van der Waals surface area contributed by atoms with E-state index in [0.29, 0.717) is 5.56 Å². The quantitative estimate of drug-likeness (QED) is 0.470. The van der Waals surface area contributed by atoms with Gasteiger partial charge in [-0.15, -0.1) is 0 Å². The minimum Gasteiger partial charge on any atom is -0.464 e. The Bertz CT molecular complexity index is 581. The van der Waals surface area contributed by atoms with E-state index in [9.17, 15) is 14.4 Å². The molecule has 0 saturated carbocycles. The molecule has 1 rings (SSSR count). The molecule has 0 aliphatic heterocycles. The SMILES string of the molecule is C=CCOC(=O)N/C=C(/NC(=O)c1ccccc1)C(=O)OC. The summed E-state index contributed by atoms with van der Waals surface area (Å²) in [7, 11) is 1.15. The van der Waals surface area contributed by atoms with Crippen LogP contribution in [-0.4, -0.2) is 31.7 Å². The van der Waals surface area contributed by atoms with Crippen LogP contribution >= 0.6 is 0 Å². The predicted octanol–water partition coefficient (Wildman–Crippen LogP) is 1.34. The van der Waals surface area contributed by atoms with Crippen molar-refractivity contribution in [3.63, 3.8) is 0 Å². The molecule has 22 heavy (non-hydrogen) atoms. The average Bonchev–Trinajstić information content (AvgIpc) is 2.56. The van der Waals surface area contributed by atoms with Crippen molar-refractivity contribution in [3.05, 3.63) is 60.4 Å². The second-order valence-electron chi connectivity index (χ2n) is 3.90. The van der Waals surface area contributed by atoms with E-state index in [4.69, 9.17) is 0 Å². The Labute approximate surface area is 127 Å². The molecule has 0 atom stereocenters. The lowest BCUT2D eigenvalue weighted by Crippen LogP contribution is -2.31. The van der Waals surface area contributed by atoms with E-state index in [0.717, 1.165) is 13.3 Å². The van der Waals surface area contributed by atoms with E-state index in [1.54, 1.807) is 30.3 Å². The van der Waals surface area contributed by atoms with Gasteiger partial charge in [-0.05, 0) is 12.1 Å². The molecule has 0 spiro atoms. The zero-order valence-corrected chi connectivity index (χ0v) is 12.0. The number of esters is 1. The molecule has 116 valence electrons. The molecule has 0 bridgehead atoms. The number of nitrogens with one attached hydrogen (secondary N) is 2. The summed E-state index contributed by atoms with van der Waals surface area (Å²) in [6, 6.07) is 8.28. The highest BCUT2D eigenvalue weighted by Gasteiger charge is 2.15. The molecule has 0 fully saturated rings. The number of hydrogen-bond acceptors (Lipinski definition) is 5. The van der Waals surface area contributed by atoms with Crippen molar-refractivity contribution in [2.45, 2.75) is 0 Å². The van der Waals surface area contributed by atoms with Crippen LogP contribution in [0.1, 0.15) is 10.4 Å². The molecule has 0 aromatic heterocycles. The van der Waals surface area contributed by atoms with E-state index in [1.165, 1.54) is 6.08 Å². The van der Waals surface area contributed by atoms with Crippen molar-refractivity contribution in [2.75, 3.05) is 13.7 Å². The lowest BCUT2D eigenvalue weighted by Gasteiger charge is -2.08. The standard InChI is InChI=1S/C15H16N2O5/c1-3-9-22-15(20)16-10-12(14(19)21-2)17-13(18)11-7-5-4-6-8-11/h3-8,10H,1,9H2,2H3,(H,16,20)(H,17,18)/b12-10+. The molecule has 0 aliphatic carbocycles. The minimum absolute atomic E-state index is 0.0175. The minimum atomic E-state index is -0.812. The Morgan fingerprint density at radius 1 is 1.23 bits per heavy atom. The maximum atomic E-state index is 12.0. The summed E-state index contributed by atoms with van der Waals surface area (Å²) in [5.74, 6) is -1.33.